The highest BCUT2D eigenvalue weighted by Crippen LogP contribution is 2.63. The van der Waals surface area contributed by atoms with Crippen LogP contribution in [0.1, 0.15) is 45.2 Å². The number of rotatable bonds is 7. The minimum absolute atomic E-state index is 0.0334. The number of fused-ring (bicyclic) bond motifs is 2. The second-order valence-electron chi connectivity index (χ2n) is 14.0. The summed E-state index contributed by atoms with van der Waals surface area (Å²) in [7, 11) is 0. The summed E-state index contributed by atoms with van der Waals surface area (Å²) in [5, 5.41) is 4.48. The van der Waals surface area contributed by atoms with Gasteiger partial charge in [-0.15, -0.1) is 0 Å². The average Bonchev–Trinajstić information content (AvgIpc) is 3.27. The van der Waals surface area contributed by atoms with Gasteiger partial charge in [-0.2, -0.15) is 0 Å². The Labute approximate surface area is 336 Å². The van der Waals surface area contributed by atoms with Crippen LogP contribution >= 0.6 is 23.8 Å². The van der Waals surface area contributed by atoms with Crippen molar-refractivity contribution >= 4 is 45.3 Å². The number of hydrogen-bond donors (Lipinski definition) is 0. The van der Waals surface area contributed by atoms with Gasteiger partial charge in [0.2, 0.25) is 0 Å². The molecule has 9 aromatic carbocycles. The lowest BCUT2D eigenvalue weighted by atomic mass is 9.60. The Kier molecular flexibility index (Phi) is 9.28. The molecule has 0 aromatic heterocycles. The molecule has 2 bridgehead atoms. The third-order valence-electron chi connectivity index (χ3n) is 10.6. The van der Waals surface area contributed by atoms with E-state index < -0.39 is 0 Å². The largest absolute Gasteiger partial charge is 0.456 e. The standard InChI is InChI=1S/C40H26O2S.C12H10S/c1-3-15-27(16-4-1)41-39-33-23-25-13-7-8-14-26(25)24-34(33)40(42-43-28-17-5-2-6-18-28)38-36-31-21-11-9-19-29(31)35(37(38)39)30-20-10-12-22-32(30)36;1-3-7-11(8-4-1)13-12-9-5-2-6-10-12/h1-24,35-36H;1-10H. The summed E-state index contributed by atoms with van der Waals surface area (Å²) in [4.78, 5) is 3.64. The first-order chi connectivity index (χ1) is 27.8. The molecular weight excluding hydrogens is 721 g/mol. The number of ether oxygens (including phenoxy) is 1. The van der Waals surface area contributed by atoms with E-state index in [-0.39, 0.29) is 11.8 Å². The Morgan fingerprint density at radius 3 is 1.21 bits per heavy atom. The van der Waals surface area contributed by atoms with Crippen LogP contribution in [0.2, 0.25) is 0 Å². The minimum atomic E-state index is 0.0334. The lowest BCUT2D eigenvalue weighted by Gasteiger charge is -2.43. The molecule has 0 spiro atoms. The minimum Gasteiger partial charge on any atom is -0.456 e. The Morgan fingerprint density at radius 2 is 0.732 bits per heavy atom. The van der Waals surface area contributed by atoms with Crippen LogP contribution in [0.3, 0.4) is 0 Å². The highest BCUT2D eigenvalue weighted by Gasteiger charge is 2.46. The van der Waals surface area contributed by atoms with Gasteiger partial charge in [-0.1, -0.05) is 157 Å². The van der Waals surface area contributed by atoms with Gasteiger partial charge in [-0.05, 0) is 93.7 Å². The van der Waals surface area contributed by atoms with Gasteiger partial charge >= 0.3 is 0 Å². The van der Waals surface area contributed by atoms with Crippen LogP contribution < -0.4 is 8.92 Å². The van der Waals surface area contributed by atoms with E-state index in [1.54, 1.807) is 11.8 Å². The van der Waals surface area contributed by atoms with Gasteiger partial charge in [0.05, 0.1) is 12.0 Å². The maximum absolute atomic E-state index is 6.98. The molecule has 12 rings (SSSR count). The molecule has 0 atom stereocenters. The summed E-state index contributed by atoms with van der Waals surface area (Å²) in [6.45, 7) is 0. The van der Waals surface area contributed by atoms with E-state index in [1.165, 1.54) is 66.0 Å². The van der Waals surface area contributed by atoms with E-state index in [0.717, 1.165) is 32.9 Å². The molecule has 0 amide bonds. The molecule has 0 fully saturated rings. The predicted octanol–water partition coefficient (Wildman–Crippen LogP) is 14.7. The van der Waals surface area contributed by atoms with Crippen molar-refractivity contribution in [2.24, 2.45) is 0 Å². The van der Waals surface area contributed by atoms with E-state index in [2.05, 4.69) is 158 Å². The average molecular weight is 757 g/mol. The van der Waals surface area contributed by atoms with Crippen molar-refractivity contribution < 1.29 is 8.92 Å². The predicted molar refractivity (Wildman–Crippen MR) is 233 cm³/mol. The molecule has 0 saturated carbocycles. The lowest BCUT2D eigenvalue weighted by molar-refractivity contribution is 0.475. The highest BCUT2D eigenvalue weighted by molar-refractivity contribution is 7.99. The zero-order valence-electron chi connectivity index (χ0n) is 30.4. The monoisotopic (exact) mass is 756 g/mol. The van der Waals surface area contributed by atoms with E-state index in [4.69, 9.17) is 8.92 Å². The molecular formula is C52H36O2S2. The maximum Gasteiger partial charge on any atom is 0.150 e. The van der Waals surface area contributed by atoms with Gasteiger partial charge in [0.15, 0.2) is 0 Å². The topological polar surface area (TPSA) is 18.5 Å². The van der Waals surface area contributed by atoms with Crippen LogP contribution in [0.15, 0.2) is 221 Å². The van der Waals surface area contributed by atoms with Crippen LogP contribution in [0, 0.1) is 0 Å². The molecule has 0 aliphatic heterocycles. The third kappa shape index (κ3) is 6.41. The summed E-state index contributed by atoms with van der Waals surface area (Å²) >= 11 is 3.21. The third-order valence-corrected chi connectivity index (χ3v) is 12.3. The summed E-state index contributed by atoms with van der Waals surface area (Å²) < 4.78 is 13.9. The first kappa shape index (κ1) is 34.3. The van der Waals surface area contributed by atoms with E-state index >= 15 is 0 Å². The summed E-state index contributed by atoms with van der Waals surface area (Å²) in [6.07, 6.45) is 0. The molecule has 56 heavy (non-hydrogen) atoms. The first-order valence-electron chi connectivity index (χ1n) is 18.9. The molecule has 0 unspecified atom stereocenters. The number of para-hydroxylation sites is 1. The van der Waals surface area contributed by atoms with E-state index in [9.17, 15) is 0 Å². The quantitative estimate of drug-likeness (QED) is 0.119. The van der Waals surface area contributed by atoms with Crippen molar-refractivity contribution in [1.29, 1.82) is 0 Å². The smallest absolute Gasteiger partial charge is 0.150 e. The van der Waals surface area contributed by atoms with Gasteiger partial charge < -0.3 is 8.92 Å². The molecule has 2 nitrogen and oxygen atoms in total. The molecule has 9 aromatic rings. The van der Waals surface area contributed by atoms with Gasteiger partial charge in [0.1, 0.15) is 17.2 Å². The molecule has 0 radical (unpaired) electrons. The fourth-order valence-corrected chi connectivity index (χ4v) is 9.73. The van der Waals surface area contributed by atoms with Crippen molar-refractivity contribution in [2.75, 3.05) is 0 Å². The van der Waals surface area contributed by atoms with Crippen molar-refractivity contribution in [3.63, 3.8) is 0 Å². The second kappa shape index (κ2) is 15.1. The molecule has 268 valence electrons. The highest BCUT2D eigenvalue weighted by atomic mass is 32.2. The van der Waals surface area contributed by atoms with Gasteiger partial charge in [-0.3, -0.25) is 0 Å². The fourth-order valence-electron chi connectivity index (χ4n) is 8.24. The second-order valence-corrected chi connectivity index (χ2v) is 15.9. The van der Waals surface area contributed by atoms with Crippen molar-refractivity contribution in [3.05, 3.63) is 240 Å². The molecule has 3 aliphatic rings. The van der Waals surface area contributed by atoms with Gasteiger partial charge in [0, 0.05) is 48.4 Å². The summed E-state index contributed by atoms with van der Waals surface area (Å²) in [6, 6.07) is 72.3. The Balaban J connectivity index is 0.000000251. The van der Waals surface area contributed by atoms with E-state index in [1.807, 2.05) is 48.5 Å². The van der Waals surface area contributed by atoms with Crippen LogP contribution in [0.4, 0.5) is 0 Å². The maximum atomic E-state index is 6.98. The Hall–Kier alpha value is -6.20. The van der Waals surface area contributed by atoms with Gasteiger partial charge in [0.25, 0.3) is 0 Å². The first-order valence-corrected chi connectivity index (χ1v) is 20.5. The molecule has 0 heterocycles. The zero-order chi connectivity index (χ0) is 37.3. The van der Waals surface area contributed by atoms with Gasteiger partial charge in [-0.25, -0.2) is 0 Å². The SMILES string of the molecule is c1ccc(Oc2c3c(c(OSc4ccccc4)c4cc5ccccc5cc24)C2c4ccccc4C3c3ccccc32)cc1.c1ccc(Sc2ccccc2)cc1. The lowest BCUT2D eigenvalue weighted by Crippen LogP contribution is -2.28. The zero-order valence-corrected chi connectivity index (χ0v) is 32.1. The Bertz CT molecular complexity index is 2720. The van der Waals surface area contributed by atoms with Crippen LogP contribution in [0.25, 0.3) is 21.5 Å². The molecule has 4 heteroatoms. The number of hydrogen-bond acceptors (Lipinski definition) is 4. The number of benzene rings is 9. The fraction of sp³-hybridized carbons (Fsp3) is 0.0385. The molecule has 0 saturated heterocycles. The normalized spacial score (nSPS) is 14.6. The molecule has 3 aliphatic carbocycles. The van der Waals surface area contributed by atoms with Crippen molar-refractivity contribution in [3.8, 4) is 17.2 Å². The van der Waals surface area contributed by atoms with Crippen LogP contribution in [-0.2, 0) is 0 Å². The summed E-state index contributed by atoms with van der Waals surface area (Å²) in [5.74, 6) is 2.73. The summed E-state index contributed by atoms with van der Waals surface area (Å²) in [5.41, 5.74) is 7.80. The molecule has 0 N–H and O–H groups in total. The van der Waals surface area contributed by atoms with Crippen molar-refractivity contribution in [1.82, 2.24) is 0 Å². The Morgan fingerprint density at radius 1 is 0.357 bits per heavy atom. The van der Waals surface area contributed by atoms with Crippen LogP contribution in [-0.4, -0.2) is 0 Å². The van der Waals surface area contributed by atoms with Crippen molar-refractivity contribution in [2.45, 2.75) is 26.5 Å². The van der Waals surface area contributed by atoms with E-state index in [0.29, 0.717) is 0 Å². The van der Waals surface area contributed by atoms with Crippen LogP contribution in [0.5, 0.6) is 17.2 Å².